The van der Waals surface area contributed by atoms with Crippen LogP contribution in [-0.2, 0) is 6.18 Å². The fourth-order valence-corrected chi connectivity index (χ4v) is 1.46. The molecule has 0 aliphatic carbocycles. The molecule has 0 aliphatic heterocycles. The summed E-state index contributed by atoms with van der Waals surface area (Å²) in [6.45, 7) is 0. The van der Waals surface area contributed by atoms with E-state index in [-0.39, 0.29) is 17.1 Å². The zero-order valence-corrected chi connectivity index (χ0v) is 8.57. The predicted octanol–water partition coefficient (Wildman–Crippen LogP) is 2.74. The van der Waals surface area contributed by atoms with E-state index in [0.29, 0.717) is 0 Å². The molecule has 88 valence electrons. The van der Waals surface area contributed by atoms with Crippen LogP contribution in [0.25, 0.3) is 11.3 Å². The second kappa shape index (κ2) is 4.04. The summed E-state index contributed by atoms with van der Waals surface area (Å²) in [6.07, 6.45) is -1.90. The molecular formula is C11H8F3N3. The normalized spacial score (nSPS) is 11.5. The molecule has 0 unspecified atom stereocenters. The Bertz CT molecular complexity index is 537. The molecule has 17 heavy (non-hydrogen) atoms. The van der Waals surface area contributed by atoms with Crippen molar-refractivity contribution in [2.75, 3.05) is 5.73 Å². The van der Waals surface area contributed by atoms with E-state index >= 15 is 0 Å². The number of nitrogen functional groups attached to an aromatic ring is 1. The monoisotopic (exact) mass is 239 g/mol. The fourth-order valence-electron chi connectivity index (χ4n) is 1.46. The van der Waals surface area contributed by atoms with Crippen LogP contribution in [0, 0.1) is 0 Å². The van der Waals surface area contributed by atoms with Gasteiger partial charge in [-0.3, -0.25) is 4.98 Å². The Morgan fingerprint density at radius 3 is 2.41 bits per heavy atom. The van der Waals surface area contributed by atoms with E-state index in [9.17, 15) is 13.2 Å². The van der Waals surface area contributed by atoms with Gasteiger partial charge in [-0.1, -0.05) is 18.2 Å². The van der Waals surface area contributed by atoms with Crippen LogP contribution in [0.1, 0.15) is 5.56 Å². The van der Waals surface area contributed by atoms with Crippen LogP contribution in [0.15, 0.2) is 36.7 Å². The molecule has 1 aromatic carbocycles. The van der Waals surface area contributed by atoms with Gasteiger partial charge in [-0.25, -0.2) is 4.98 Å². The first-order valence-electron chi connectivity index (χ1n) is 4.72. The number of halogens is 3. The molecule has 3 nitrogen and oxygen atoms in total. The molecule has 0 atom stereocenters. The van der Waals surface area contributed by atoms with E-state index in [1.54, 1.807) is 0 Å². The zero-order chi connectivity index (χ0) is 12.5. The molecule has 0 radical (unpaired) electrons. The highest BCUT2D eigenvalue weighted by molar-refractivity contribution is 5.64. The second-order valence-corrected chi connectivity index (χ2v) is 3.37. The van der Waals surface area contributed by atoms with Crippen LogP contribution in [0.4, 0.5) is 19.0 Å². The second-order valence-electron chi connectivity index (χ2n) is 3.37. The van der Waals surface area contributed by atoms with Gasteiger partial charge in [0.1, 0.15) is 5.82 Å². The van der Waals surface area contributed by atoms with Crippen LogP contribution in [0.2, 0.25) is 0 Å². The predicted molar refractivity (Wildman–Crippen MR) is 56.9 cm³/mol. The van der Waals surface area contributed by atoms with Crippen molar-refractivity contribution in [2.24, 2.45) is 0 Å². The highest BCUT2D eigenvalue weighted by Crippen LogP contribution is 2.36. The standard InChI is InChI=1S/C11H8F3N3/c12-11(13,14)8-4-2-1-3-7(8)9-5-16-6-10(15)17-9/h1-6H,(H2,15,17). The van der Waals surface area contributed by atoms with E-state index in [1.165, 1.54) is 30.6 Å². The first-order chi connectivity index (χ1) is 7.98. The molecule has 0 aliphatic rings. The topological polar surface area (TPSA) is 51.8 Å². The van der Waals surface area contributed by atoms with Crippen LogP contribution in [0.3, 0.4) is 0 Å². The summed E-state index contributed by atoms with van der Waals surface area (Å²) < 4.78 is 38.3. The van der Waals surface area contributed by atoms with Crippen molar-refractivity contribution in [1.29, 1.82) is 0 Å². The van der Waals surface area contributed by atoms with E-state index in [1.807, 2.05) is 0 Å². The quantitative estimate of drug-likeness (QED) is 0.832. The Kier molecular flexibility index (Phi) is 2.71. The molecular weight excluding hydrogens is 231 g/mol. The van der Waals surface area contributed by atoms with Crippen molar-refractivity contribution in [3.63, 3.8) is 0 Å². The summed E-state index contributed by atoms with van der Waals surface area (Å²) in [6, 6.07) is 5.17. The number of nitrogens with zero attached hydrogens (tertiary/aromatic N) is 2. The molecule has 1 aromatic heterocycles. The van der Waals surface area contributed by atoms with Gasteiger partial charge in [0.2, 0.25) is 0 Å². The lowest BCUT2D eigenvalue weighted by Crippen LogP contribution is -2.07. The Hall–Kier alpha value is -2.11. The lowest BCUT2D eigenvalue weighted by atomic mass is 10.0. The van der Waals surface area contributed by atoms with Crippen molar-refractivity contribution in [3.8, 4) is 11.3 Å². The third-order valence-corrected chi connectivity index (χ3v) is 2.16. The summed E-state index contributed by atoms with van der Waals surface area (Å²) in [4.78, 5) is 7.56. The average molecular weight is 239 g/mol. The first-order valence-corrected chi connectivity index (χ1v) is 4.72. The van der Waals surface area contributed by atoms with Crippen molar-refractivity contribution >= 4 is 5.82 Å². The molecule has 0 bridgehead atoms. The van der Waals surface area contributed by atoms with Crippen molar-refractivity contribution in [3.05, 3.63) is 42.2 Å². The largest absolute Gasteiger partial charge is 0.417 e. The number of anilines is 1. The summed E-state index contributed by atoms with van der Waals surface area (Å²) in [7, 11) is 0. The van der Waals surface area contributed by atoms with Crippen LogP contribution >= 0.6 is 0 Å². The minimum absolute atomic E-state index is 0.0280. The Balaban J connectivity index is 2.60. The number of hydrogen-bond acceptors (Lipinski definition) is 3. The van der Waals surface area contributed by atoms with Gasteiger partial charge in [0, 0.05) is 5.56 Å². The zero-order valence-electron chi connectivity index (χ0n) is 8.57. The third-order valence-electron chi connectivity index (χ3n) is 2.16. The van der Waals surface area contributed by atoms with Gasteiger partial charge in [-0.05, 0) is 6.07 Å². The van der Waals surface area contributed by atoms with E-state index in [0.717, 1.165) is 6.07 Å². The first kappa shape index (κ1) is 11.4. The lowest BCUT2D eigenvalue weighted by molar-refractivity contribution is -0.137. The minimum Gasteiger partial charge on any atom is -0.382 e. The van der Waals surface area contributed by atoms with E-state index in [4.69, 9.17) is 5.73 Å². The fraction of sp³-hybridized carbons (Fsp3) is 0.0909. The number of rotatable bonds is 1. The summed E-state index contributed by atoms with van der Waals surface area (Å²) in [5, 5.41) is 0. The Labute approximate surface area is 95.1 Å². The highest BCUT2D eigenvalue weighted by atomic mass is 19.4. The van der Waals surface area contributed by atoms with Gasteiger partial charge in [-0.2, -0.15) is 13.2 Å². The number of benzene rings is 1. The number of aromatic nitrogens is 2. The number of nitrogens with two attached hydrogens (primary N) is 1. The lowest BCUT2D eigenvalue weighted by Gasteiger charge is -2.11. The maximum absolute atomic E-state index is 12.8. The molecule has 0 fully saturated rings. The maximum atomic E-state index is 12.8. The van der Waals surface area contributed by atoms with Crippen molar-refractivity contribution < 1.29 is 13.2 Å². The molecule has 1 heterocycles. The third kappa shape index (κ3) is 2.35. The van der Waals surface area contributed by atoms with Gasteiger partial charge in [-0.15, -0.1) is 0 Å². The summed E-state index contributed by atoms with van der Waals surface area (Å²) in [5.74, 6) is 0.0828. The molecule has 6 heteroatoms. The number of hydrogen-bond donors (Lipinski definition) is 1. The minimum atomic E-state index is -4.43. The van der Waals surface area contributed by atoms with Crippen LogP contribution in [-0.4, -0.2) is 9.97 Å². The average Bonchev–Trinajstić information content (AvgIpc) is 2.28. The van der Waals surface area contributed by atoms with E-state index in [2.05, 4.69) is 9.97 Å². The van der Waals surface area contributed by atoms with Gasteiger partial charge in [0.05, 0.1) is 23.7 Å². The molecule has 0 spiro atoms. The molecule has 0 saturated carbocycles. The van der Waals surface area contributed by atoms with Crippen molar-refractivity contribution in [2.45, 2.75) is 6.18 Å². The van der Waals surface area contributed by atoms with E-state index < -0.39 is 11.7 Å². The van der Waals surface area contributed by atoms with Crippen LogP contribution < -0.4 is 5.73 Å². The molecule has 2 rings (SSSR count). The molecule has 2 aromatic rings. The van der Waals surface area contributed by atoms with Gasteiger partial charge < -0.3 is 5.73 Å². The Morgan fingerprint density at radius 2 is 1.76 bits per heavy atom. The summed E-state index contributed by atoms with van der Waals surface area (Å²) >= 11 is 0. The van der Waals surface area contributed by atoms with Crippen LogP contribution in [0.5, 0.6) is 0 Å². The molecule has 2 N–H and O–H groups in total. The number of alkyl halides is 3. The maximum Gasteiger partial charge on any atom is 0.417 e. The van der Waals surface area contributed by atoms with Crippen molar-refractivity contribution in [1.82, 2.24) is 9.97 Å². The molecule has 0 saturated heterocycles. The molecule has 0 amide bonds. The van der Waals surface area contributed by atoms with Gasteiger partial charge in [0.25, 0.3) is 0 Å². The Morgan fingerprint density at radius 1 is 1.06 bits per heavy atom. The SMILES string of the molecule is Nc1cncc(-c2ccccc2C(F)(F)F)n1. The smallest absolute Gasteiger partial charge is 0.382 e. The highest BCUT2D eigenvalue weighted by Gasteiger charge is 2.33. The van der Waals surface area contributed by atoms with Gasteiger partial charge in [0.15, 0.2) is 0 Å². The van der Waals surface area contributed by atoms with Gasteiger partial charge >= 0.3 is 6.18 Å². The summed E-state index contributed by atoms with van der Waals surface area (Å²) in [5.41, 5.74) is 4.73.